The van der Waals surface area contributed by atoms with Crippen LogP contribution >= 0.6 is 0 Å². The van der Waals surface area contributed by atoms with Crippen molar-refractivity contribution in [2.45, 2.75) is 43.8 Å². The maximum absolute atomic E-state index is 14.9. The molecule has 0 bridgehead atoms. The fourth-order valence-electron chi connectivity index (χ4n) is 4.09. The van der Waals surface area contributed by atoms with Gasteiger partial charge in [0.25, 0.3) is 0 Å². The van der Waals surface area contributed by atoms with E-state index in [-0.39, 0.29) is 5.41 Å². The zero-order valence-corrected chi connectivity index (χ0v) is 10.9. The van der Waals surface area contributed by atoms with Crippen LogP contribution in [0.4, 0.5) is 4.39 Å². The van der Waals surface area contributed by atoms with E-state index in [4.69, 9.17) is 10.8 Å². The zero-order chi connectivity index (χ0) is 13.9. The van der Waals surface area contributed by atoms with Crippen molar-refractivity contribution in [1.82, 2.24) is 0 Å². The van der Waals surface area contributed by atoms with Crippen molar-refractivity contribution in [2.75, 3.05) is 0 Å². The summed E-state index contributed by atoms with van der Waals surface area (Å²) in [5, 5.41) is 9.02. The molecule has 19 heavy (non-hydrogen) atoms. The summed E-state index contributed by atoms with van der Waals surface area (Å²) in [6, 6.07) is 7.48. The van der Waals surface area contributed by atoms with Gasteiger partial charge in [0.2, 0.25) is 0 Å². The lowest BCUT2D eigenvalue weighted by Gasteiger charge is -2.62. The molecule has 2 saturated carbocycles. The summed E-state index contributed by atoms with van der Waals surface area (Å²) in [5.74, 6) is -0.967. The fourth-order valence-corrected chi connectivity index (χ4v) is 4.09. The Morgan fingerprint density at radius 1 is 1.26 bits per heavy atom. The van der Waals surface area contributed by atoms with E-state index in [1.54, 1.807) is 0 Å². The maximum Gasteiger partial charge on any atom is 0.323 e. The van der Waals surface area contributed by atoms with Crippen LogP contribution < -0.4 is 5.73 Å². The predicted octanol–water partition coefficient (Wildman–Crippen LogP) is 2.52. The first-order valence-corrected chi connectivity index (χ1v) is 6.56. The standard InChI is InChI=1S/C15H18FNO2/c1-10-4-2-3-5-11(10)14(16)6-13(7-14)8-15(17,9-13)12(18)19/h2-5H,6-9,17H2,1H3,(H,18,19). The largest absolute Gasteiger partial charge is 0.480 e. The van der Waals surface area contributed by atoms with Crippen molar-refractivity contribution < 1.29 is 14.3 Å². The monoisotopic (exact) mass is 263 g/mol. The second kappa shape index (κ2) is 3.57. The van der Waals surface area contributed by atoms with E-state index in [1.165, 1.54) is 0 Å². The molecule has 3 rings (SSSR count). The number of aryl methyl sites for hydroxylation is 1. The van der Waals surface area contributed by atoms with Gasteiger partial charge in [0.05, 0.1) is 0 Å². The second-order valence-electron chi connectivity index (χ2n) is 6.45. The molecule has 2 aliphatic rings. The van der Waals surface area contributed by atoms with Crippen molar-refractivity contribution in [3.8, 4) is 0 Å². The third kappa shape index (κ3) is 1.70. The first-order chi connectivity index (χ1) is 8.79. The van der Waals surface area contributed by atoms with E-state index in [0.29, 0.717) is 25.7 Å². The lowest BCUT2D eigenvalue weighted by Crippen LogP contribution is -2.68. The highest BCUT2D eigenvalue weighted by Crippen LogP contribution is 2.68. The molecule has 0 unspecified atom stereocenters. The molecule has 1 spiro atoms. The predicted molar refractivity (Wildman–Crippen MR) is 69.4 cm³/mol. The van der Waals surface area contributed by atoms with Gasteiger partial charge >= 0.3 is 5.97 Å². The molecule has 4 heteroatoms. The Bertz CT molecular complexity index is 541. The Hall–Kier alpha value is -1.42. The third-order valence-corrected chi connectivity index (χ3v) is 4.75. The van der Waals surface area contributed by atoms with Crippen LogP contribution in [0.5, 0.6) is 0 Å². The average molecular weight is 263 g/mol. The molecule has 3 nitrogen and oxygen atoms in total. The Balaban J connectivity index is 1.74. The van der Waals surface area contributed by atoms with E-state index >= 15 is 0 Å². The van der Waals surface area contributed by atoms with Gasteiger partial charge in [-0.05, 0) is 49.1 Å². The van der Waals surface area contributed by atoms with Gasteiger partial charge < -0.3 is 10.8 Å². The van der Waals surface area contributed by atoms with Crippen LogP contribution in [-0.4, -0.2) is 16.6 Å². The minimum atomic E-state index is -1.30. The molecule has 1 aromatic rings. The van der Waals surface area contributed by atoms with Crippen LogP contribution in [0.25, 0.3) is 0 Å². The minimum Gasteiger partial charge on any atom is -0.480 e. The first-order valence-electron chi connectivity index (χ1n) is 6.56. The van der Waals surface area contributed by atoms with Crippen LogP contribution in [0.2, 0.25) is 0 Å². The van der Waals surface area contributed by atoms with Crippen LogP contribution in [0.15, 0.2) is 24.3 Å². The van der Waals surface area contributed by atoms with Crippen LogP contribution in [-0.2, 0) is 10.5 Å². The van der Waals surface area contributed by atoms with Gasteiger partial charge in [-0.1, -0.05) is 24.3 Å². The number of carbonyl (C=O) groups is 1. The molecule has 2 fully saturated rings. The molecule has 0 aromatic heterocycles. The van der Waals surface area contributed by atoms with Gasteiger partial charge in [0.1, 0.15) is 11.2 Å². The third-order valence-electron chi connectivity index (χ3n) is 4.75. The fraction of sp³-hybridized carbons (Fsp3) is 0.533. The lowest BCUT2D eigenvalue weighted by molar-refractivity contribution is -0.180. The van der Waals surface area contributed by atoms with E-state index in [1.807, 2.05) is 31.2 Å². The van der Waals surface area contributed by atoms with Crippen molar-refractivity contribution in [3.63, 3.8) is 0 Å². The van der Waals surface area contributed by atoms with Crippen molar-refractivity contribution in [1.29, 1.82) is 0 Å². The summed E-state index contributed by atoms with van der Waals surface area (Å²) in [6.07, 6.45) is 1.59. The Kier molecular flexibility index (Phi) is 2.37. The number of hydrogen-bond donors (Lipinski definition) is 2. The molecule has 102 valence electrons. The van der Waals surface area contributed by atoms with Crippen molar-refractivity contribution >= 4 is 5.97 Å². The molecule has 0 amide bonds. The highest BCUT2D eigenvalue weighted by molar-refractivity contribution is 5.80. The van der Waals surface area contributed by atoms with E-state index in [0.717, 1.165) is 11.1 Å². The molecule has 0 atom stereocenters. The van der Waals surface area contributed by atoms with Crippen LogP contribution in [0, 0.1) is 12.3 Å². The summed E-state index contributed by atoms with van der Waals surface area (Å²) >= 11 is 0. The van der Waals surface area contributed by atoms with Crippen LogP contribution in [0.1, 0.15) is 36.8 Å². The number of hydrogen-bond acceptors (Lipinski definition) is 2. The Morgan fingerprint density at radius 3 is 2.37 bits per heavy atom. The van der Waals surface area contributed by atoms with Crippen LogP contribution in [0.3, 0.4) is 0 Å². The summed E-state index contributed by atoms with van der Waals surface area (Å²) in [6.45, 7) is 1.91. The molecule has 0 aliphatic heterocycles. The summed E-state index contributed by atoms with van der Waals surface area (Å²) in [7, 11) is 0. The summed E-state index contributed by atoms with van der Waals surface area (Å²) in [5.41, 5.74) is 4.84. The van der Waals surface area contributed by atoms with E-state index in [2.05, 4.69) is 0 Å². The lowest BCUT2D eigenvalue weighted by atomic mass is 9.43. The molecule has 0 saturated heterocycles. The number of nitrogens with two attached hydrogens (primary N) is 1. The number of alkyl halides is 1. The average Bonchev–Trinajstić information content (AvgIpc) is 2.25. The van der Waals surface area contributed by atoms with E-state index in [9.17, 15) is 9.18 Å². The summed E-state index contributed by atoms with van der Waals surface area (Å²) < 4.78 is 14.9. The number of aliphatic carboxylic acids is 1. The first kappa shape index (κ1) is 12.6. The molecule has 1 aromatic carbocycles. The Labute approximate surface area is 111 Å². The molecule has 0 heterocycles. The molecule has 0 radical (unpaired) electrons. The molecular weight excluding hydrogens is 245 g/mol. The van der Waals surface area contributed by atoms with Gasteiger partial charge in [0.15, 0.2) is 0 Å². The summed E-state index contributed by atoms with van der Waals surface area (Å²) in [4.78, 5) is 11.0. The number of rotatable bonds is 2. The van der Waals surface area contributed by atoms with Gasteiger partial charge in [-0.15, -0.1) is 0 Å². The quantitative estimate of drug-likeness (QED) is 0.861. The highest BCUT2D eigenvalue weighted by atomic mass is 19.1. The topological polar surface area (TPSA) is 63.3 Å². The van der Waals surface area contributed by atoms with Gasteiger partial charge in [-0.25, -0.2) is 4.39 Å². The number of halogens is 1. The number of carboxylic acids is 1. The number of benzene rings is 1. The molecular formula is C15H18FNO2. The number of carboxylic acid groups (broad SMARTS) is 1. The second-order valence-corrected chi connectivity index (χ2v) is 6.45. The van der Waals surface area contributed by atoms with Gasteiger partial charge in [-0.3, -0.25) is 4.79 Å². The van der Waals surface area contributed by atoms with Gasteiger partial charge in [-0.2, -0.15) is 0 Å². The van der Waals surface area contributed by atoms with Crippen molar-refractivity contribution in [2.24, 2.45) is 11.1 Å². The molecule has 3 N–H and O–H groups in total. The van der Waals surface area contributed by atoms with Crippen molar-refractivity contribution in [3.05, 3.63) is 35.4 Å². The minimum absolute atomic E-state index is 0.190. The zero-order valence-electron chi connectivity index (χ0n) is 10.9. The molecule has 2 aliphatic carbocycles. The maximum atomic E-state index is 14.9. The Morgan fingerprint density at radius 2 is 1.84 bits per heavy atom. The van der Waals surface area contributed by atoms with E-state index < -0.39 is 17.2 Å². The van der Waals surface area contributed by atoms with Gasteiger partial charge in [0, 0.05) is 0 Å². The normalized spacial score (nSPS) is 40.6. The highest BCUT2D eigenvalue weighted by Gasteiger charge is 2.67. The smallest absolute Gasteiger partial charge is 0.323 e. The SMILES string of the molecule is Cc1ccccc1C1(F)CC2(CC(N)(C(=O)O)C2)C1.